The first kappa shape index (κ1) is 12.6. The molecule has 1 aromatic carbocycles. The van der Waals surface area contributed by atoms with E-state index < -0.39 is 0 Å². The van der Waals surface area contributed by atoms with Crippen molar-refractivity contribution in [2.24, 2.45) is 5.92 Å². The SMILES string of the molecule is Cc1cccc(NC(C)CC(C)C)c1Br. The monoisotopic (exact) mass is 269 g/mol. The van der Waals surface area contributed by atoms with Crippen LogP contribution >= 0.6 is 15.9 Å². The number of benzene rings is 1. The molecular weight excluding hydrogens is 250 g/mol. The van der Waals surface area contributed by atoms with Gasteiger partial charge in [-0.25, -0.2) is 0 Å². The summed E-state index contributed by atoms with van der Waals surface area (Å²) in [7, 11) is 0. The zero-order valence-electron chi connectivity index (χ0n) is 9.97. The van der Waals surface area contributed by atoms with E-state index in [1.165, 1.54) is 22.1 Å². The topological polar surface area (TPSA) is 12.0 Å². The van der Waals surface area contributed by atoms with Crippen molar-refractivity contribution in [1.29, 1.82) is 0 Å². The van der Waals surface area contributed by atoms with E-state index in [4.69, 9.17) is 0 Å². The van der Waals surface area contributed by atoms with E-state index >= 15 is 0 Å². The molecule has 0 aliphatic carbocycles. The van der Waals surface area contributed by atoms with Crippen molar-refractivity contribution < 1.29 is 0 Å². The van der Waals surface area contributed by atoms with Crippen molar-refractivity contribution in [2.75, 3.05) is 5.32 Å². The Morgan fingerprint density at radius 2 is 1.93 bits per heavy atom. The van der Waals surface area contributed by atoms with E-state index in [2.05, 4.69) is 67.1 Å². The Balaban J connectivity index is 2.68. The van der Waals surface area contributed by atoms with Gasteiger partial charge in [-0.2, -0.15) is 0 Å². The summed E-state index contributed by atoms with van der Waals surface area (Å²) in [6.07, 6.45) is 1.19. The molecule has 0 radical (unpaired) electrons. The van der Waals surface area contributed by atoms with Crippen molar-refractivity contribution >= 4 is 21.6 Å². The second-order valence-corrected chi connectivity index (χ2v) is 5.40. The van der Waals surface area contributed by atoms with E-state index in [-0.39, 0.29) is 0 Å². The van der Waals surface area contributed by atoms with Gasteiger partial charge in [0.25, 0.3) is 0 Å². The quantitative estimate of drug-likeness (QED) is 0.842. The van der Waals surface area contributed by atoms with Gasteiger partial charge in [0.05, 0.1) is 0 Å². The molecule has 0 heterocycles. The highest BCUT2D eigenvalue weighted by Crippen LogP contribution is 2.26. The minimum atomic E-state index is 0.517. The van der Waals surface area contributed by atoms with Crippen LogP contribution < -0.4 is 5.32 Å². The molecule has 0 aliphatic rings. The van der Waals surface area contributed by atoms with E-state index in [1.807, 2.05) is 0 Å². The molecule has 2 heteroatoms. The van der Waals surface area contributed by atoms with Gasteiger partial charge in [0.1, 0.15) is 0 Å². The second kappa shape index (κ2) is 5.55. The number of aryl methyl sites for hydroxylation is 1. The maximum Gasteiger partial charge on any atom is 0.0489 e. The van der Waals surface area contributed by atoms with Crippen LogP contribution in [0.5, 0.6) is 0 Å². The number of nitrogens with one attached hydrogen (secondary N) is 1. The normalized spacial score (nSPS) is 12.9. The molecule has 1 unspecified atom stereocenters. The largest absolute Gasteiger partial charge is 0.382 e. The summed E-state index contributed by atoms with van der Waals surface area (Å²) in [6, 6.07) is 6.84. The van der Waals surface area contributed by atoms with Crippen LogP contribution in [-0.2, 0) is 0 Å². The first-order valence-electron chi connectivity index (χ1n) is 5.52. The third kappa shape index (κ3) is 3.86. The summed E-state index contributed by atoms with van der Waals surface area (Å²) in [5.41, 5.74) is 2.47. The van der Waals surface area contributed by atoms with Gasteiger partial charge in [0.2, 0.25) is 0 Å². The maximum absolute atomic E-state index is 3.61. The molecule has 0 amide bonds. The Morgan fingerprint density at radius 1 is 1.27 bits per heavy atom. The molecule has 1 rings (SSSR count). The highest BCUT2D eigenvalue weighted by atomic mass is 79.9. The molecule has 0 saturated carbocycles. The number of hydrogen-bond donors (Lipinski definition) is 1. The van der Waals surface area contributed by atoms with Crippen molar-refractivity contribution in [2.45, 2.75) is 40.2 Å². The Bertz CT molecular complexity index is 320. The minimum absolute atomic E-state index is 0.517. The Labute approximate surface area is 101 Å². The van der Waals surface area contributed by atoms with Crippen molar-refractivity contribution in [1.82, 2.24) is 0 Å². The molecule has 0 bridgehead atoms. The van der Waals surface area contributed by atoms with E-state index in [0.717, 1.165) is 5.92 Å². The third-order valence-electron chi connectivity index (χ3n) is 2.42. The number of anilines is 1. The number of hydrogen-bond acceptors (Lipinski definition) is 1. The second-order valence-electron chi connectivity index (χ2n) is 4.61. The lowest BCUT2D eigenvalue weighted by molar-refractivity contribution is 0.539. The Morgan fingerprint density at radius 3 is 2.53 bits per heavy atom. The van der Waals surface area contributed by atoms with Crippen LogP contribution in [0.15, 0.2) is 22.7 Å². The van der Waals surface area contributed by atoms with Crippen LogP contribution in [0.4, 0.5) is 5.69 Å². The average Bonchev–Trinajstić information content (AvgIpc) is 2.11. The summed E-state index contributed by atoms with van der Waals surface area (Å²) >= 11 is 3.61. The van der Waals surface area contributed by atoms with Gasteiger partial charge in [-0.15, -0.1) is 0 Å². The fraction of sp³-hybridized carbons (Fsp3) is 0.538. The Kier molecular flexibility index (Phi) is 4.65. The van der Waals surface area contributed by atoms with Crippen molar-refractivity contribution in [3.8, 4) is 0 Å². The van der Waals surface area contributed by atoms with E-state index in [1.54, 1.807) is 0 Å². The van der Waals surface area contributed by atoms with Gasteiger partial charge in [-0.3, -0.25) is 0 Å². The van der Waals surface area contributed by atoms with Gasteiger partial charge in [0, 0.05) is 16.2 Å². The molecule has 0 aliphatic heterocycles. The zero-order valence-corrected chi connectivity index (χ0v) is 11.6. The lowest BCUT2D eigenvalue weighted by atomic mass is 10.0. The van der Waals surface area contributed by atoms with Crippen LogP contribution in [0.1, 0.15) is 32.8 Å². The predicted octanol–water partition coefficient (Wildman–Crippen LogP) is 4.60. The molecule has 0 spiro atoms. The van der Waals surface area contributed by atoms with Crippen LogP contribution in [0, 0.1) is 12.8 Å². The Hall–Kier alpha value is -0.500. The smallest absolute Gasteiger partial charge is 0.0489 e. The fourth-order valence-electron chi connectivity index (χ4n) is 1.79. The predicted molar refractivity (Wildman–Crippen MR) is 71.4 cm³/mol. The molecule has 1 N–H and O–H groups in total. The standard InChI is InChI=1S/C13H20BrN/c1-9(2)8-11(4)15-12-7-5-6-10(3)13(12)14/h5-7,9,11,15H,8H2,1-4H3. The molecule has 0 aromatic heterocycles. The number of halogens is 1. The zero-order chi connectivity index (χ0) is 11.4. The van der Waals surface area contributed by atoms with E-state index in [0.29, 0.717) is 6.04 Å². The van der Waals surface area contributed by atoms with Crippen LogP contribution in [0.2, 0.25) is 0 Å². The van der Waals surface area contributed by atoms with E-state index in [9.17, 15) is 0 Å². The molecule has 0 saturated heterocycles. The number of rotatable bonds is 4. The summed E-state index contributed by atoms with van der Waals surface area (Å²) in [4.78, 5) is 0. The molecule has 15 heavy (non-hydrogen) atoms. The molecular formula is C13H20BrN. The summed E-state index contributed by atoms with van der Waals surface area (Å²) in [6.45, 7) is 8.85. The molecule has 1 aromatic rings. The van der Waals surface area contributed by atoms with Crippen molar-refractivity contribution in [3.63, 3.8) is 0 Å². The summed E-state index contributed by atoms with van der Waals surface area (Å²) in [5, 5.41) is 3.54. The average molecular weight is 270 g/mol. The van der Waals surface area contributed by atoms with Gasteiger partial charge in [-0.1, -0.05) is 26.0 Å². The summed E-state index contributed by atoms with van der Waals surface area (Å²) < 4.78 is 1.18. The molecule has 1 nitrogen and oxygen atoms in total. The minimum Gasteiger partial charge on any atom is -0.382 e. The lowest BCUT2D eigenvalue weighted by Crippen LogP contribution is -2.17. The maximum atomic E-state index is 3.61. The first-order valence-corrected chi connectivity index (χ1v) is 6.31. The van der Waals surface area contributed by atoms with Gasteiger partial charge < -0.3 is 5.32 Å². The van der Waals surface area contributed by atoms with Crippen molar-refractivity contribution in [3.05, 3.63) is 28.2 Å². The van der Waals surface area contributed by atoms with Gasteiger partial charge >= 0.3 is 0 Å². The lowest BCUT2D eigenvalue weighted by Gasteiger charge is -2.18. The molecule has 0 fully saturated rings. The first-order chi connectivity index (χ1) is 7.00. The molecule has 1 atom stereocenters. The van der Waals surface area contributed by atoms with Gasteiger partial charge in [-0.05, 0) is 53.7 Å². The third-order valence-corrected chi connectivity index (χ3v) is 3.47. The van der Waals surface area contributed by atoms with Crippen LogP contribution in [0.3, 0.4) is 0 Å². The summed E-state index contributed by atoms with van der Waals surface area (Å²) in [5.74, 6) is 0.732. The fourth-order valence-corrected chi connectivity index (χ4v) is 2.17. The highest BCUT2D eigenvalue weighted by Gasteiger charge is 2.07. The highest BCUT2D eigenvalue weighted by molar-refractivity contribution is 9.10. The van der Waals surface area contributed by atoms with Crippen LogP contribution in [-0.4, -0.2) is 6.04 Å². The van der Waals surface area contributed by atoms with Crippen LogP contribution in [0.25, 0.3) is 0 Å². The van der Waals surface area contributed by atoms with Gasteiger partial charge in [0.15, 0.2) is 0 Å². The molecule has 84 valence electrons.